The third kappa shape index (κ3) is 4.79. The maximum atomic E-state index is 13.2. The van der Waals surface area contributed by atoms with Gasteiger partial charge >= 0.3 is 0 Å². The molecule has 9 nitrogen and oxygen atoms in total. The first-order chi connectivity index (χ1) is 15.1. The number of carbonyl (C=O) groups excluding carboxylic acids is 1. The van der Waals surface area contributed by atoms with Crippen LogP contribution in [0.4, 0.5) is 0 Å². The van der Waals surface area contributed by atoms with Gasteiger partial charge in [0.05, 0.1) is 32.2 Å². The number of pyridine rings is 2. The summed E-state index contributed by atoms with van der Waals surface area (Å²) in [6.07, 6.45) is 3.94. The summed E-state index contributed by atoms with van der Waals surface area (Å²) in [6, 6.07) is 5.22. The summed E-state index contributed by atoms with van der Waals surface area (Å²) in [5.41, 5.74) is 1.13. The monoisotopic (exact) mass is 428 g/mol. The molecule has 0 N–H and O–H groups in total. The maximum Gasteiger partial charge on any atom is 0.268 e. The number of amides is 1. The molecule has 0 aromatic carbocycles. The van der Waals surface area contributed by atoms with E-state index in [1.807, 2.05) is 0 Å². The molecular weight excluding hydrogens is 400 g/mol. The molecule has 1 amide bonds. The summed E-state index contributed by atoms with van der Waals surface area (Å²) in [6.45, 7) is 6.69. The van der Waals surface area contributed by atoms with Gasteiger partial charge in [0.1, 0.15) is 5.56 Å². The molecule has 0 saturated carbocycles. The second-order valence-electron chi connectivity index (χ2n) is 7.70. The molecule has 9 heteroatoms. The zero-order valence-corrected chi connectivity index (χ0v) is 18.0. The lowest BCUT2D eigenvalue weighted by Crippen LogP contribution is -2.50. The number of hydrogen-bond acceptors (Lipinski definition) is 7. The zero-order chi connectivity index (χ0) is 21.8. The van der Waals surface area contributed by atoms with Crippen LogP contribution in [0.5, 0.6) is 5.88 Å². The third-order valence-electron chi connectivity index (χ3n) is 5.75. The van der Waals surface area contributed by atoms with Gasteiger partial charge in [-0.1, -0.05) is 0 Å². The topological polar surface area (TPSA) is 86.1 Å². The molecule has 2 aliphatic rings. The number of piperazine rings is 1. The van der Waals surface area contributed by atoms with E-state index in [2.05, 4.69) is 9.88 Å². The fraction of sp³-hybridized carbons (Fsp3) is 0.500. The molecule has 2 saturated heterocycles. The highest BCUT2D eigenvalue weighted by Gasteiger charge is 2.27. The van der Waals surface area contributed by atoms with Crippen molar-refractivity contribution >= 4 is 5.91 Å². The molecule has 166 valence electrons. The molecule has 4 rings (SSSR count). The van der Waals surface area contributed by atoms with Crippen LogP contribution in [0, 0.1) is 6.92 Å². The Morgan fingerprint density at radius 3 is 2.55 bits per heavy atom. The van der Waals surface area contributed by atoms with Crippen molar-refractivity contribution in [2.45, 2.75) is 19.6 Å². The lowest BCUT2D eigenvalue weighted by atomic mass is 10.1. The van der Waals surface area contributed by atoms with Gasteiger partial charge in [0.2, 0.25) is 5.88 Å². The Balaban J connectivity index is 1.44. The Morgan fingerprint density at radius 1 is 1.16 bits per heavy atom. The minimum absolute atomic E-state index is 0.113. The van der Waals surface area contributed by atoms with E-state index in [0.29, 0.717) is 43.4 Å². The highest BCUT2D eigenvalue weighted by Crippen LogP contribution is 2.15. The first kappa shape index (κ1) is 21.5. The van der Waals surface area contributed by atoms with E-state index < -0.39 is 0 Å². The fourth-order valence-electron chi connectivity index (χ4n) is 3.92. The fourth-order valence-corrected chi connectivity index (χ4v) is 3.92. The Kier molecular flexibility index (Phi) is 6.64. The second kappa shape index (κ2) is 9.59. The number of nitrogens with zero attached hydrogens (tertiary/aromatic N) is 4. The predicted octanol–water partition coefficient (Wildman–Crippen LogP) is 1.07. The van der Waals surface area contributed by atoms with Crippen LogP contribution in [-0.4, -0.2) is 84.6 Å². The van der Waals surface area contributed by atoms with Crippen molar-refractivity contribution in [3.8, 4) is 11.6 Å². The van der Waals surface area contributed by atoms with Gasteiger partial charge in [-0.05, 0) is 24.6 Å². The van der Waals surface area contributed by atoms with Crippen molar-refractivity contribution in [3.63, 3.8) is 0 Å². The van der Waals surface area contributed by atoms with E-state index in [-0.39, 0.29) is 23.3 Å². The number of aromatic nitrogens is 2. The lowest BCUT2D eigenvalue weighted by Gasteiger charge is -2.35. The van der Waals surface area contributed by atoms with Crippen molar-refractivity contribution in [2.24, 2.45) is 0 Å². The van der Waals surface area contributed by atoms with Gasteiger partial charge < -0.3 is 19.1 Å². The first-order valence-corrected chi connectivity index (χ1v) is 10.5. The van der Waals surface area contributed by atoms with Crippen LogP contribution >= 0.6 is 0 Å². The first-order valence-electron chi connectivity index (χ1n) is 10.5. The standard InChI is InChI=1S/C22H28N4O5/c1-16-5-8-26(17-3-4-18(29-2)23-15-17)22(28)20(16)21(27)25-11-9-24(10-12-25)7-6-19-30-13-14-31-19/h3-5,8,15,19H,6-7,9-14H2,1-2H3. The number of ether oxygens (including phenoxy) is 3. The summed E-state index contributed by atoms with van der Waals surface area (Å²) < 4.78 is 17.5. The Bertz CT molecular complexity index is 961. The molecule has 4 heterocycles. The number of carbonyl (C=O) groups is 1. The highest BCUT2D eigenvalue weighted by molar-refractivity contribution is 5.95. The van der Waals surface area contributed by atoms with Crippen molar-refractivity contribution in [2.75, 3.05) is 53.0 Å². The molecule has 0 atom stereocenters. The molecular formula is C22H28N4O5. The second-order valence-corrected chi connectivity index (χ2v) is 7.70. The van der Waals surface area contributed by atoms with Crippen LogP contribution < -0.4 is 10.3 Å². The van der Waals surface area contributed by atoms with Gasteiger partial charge in [-0.25, -0.2) is 4.98 Å². The zero-order valence-electron chi connectivity index (χ0n) is 18.0. The molecule has 2 fully saturated rings. The van der Waals surface area contributed by atoms with Gasteiger partial charge in [0, 0.05) is 51.4 Å². The summed E-state index contributed by atoms with van der Waals surface area (Å²) in [7, 11) is 1.53. The van der Waals surface area contributed by atoms with E-state index in [1.54, 1.807) is 42.4 Å². The summed E-state index contributed by atoms with van der Waals surface area (Å²) in [5.74, 6) is 0.240. The van der Waals surface area contributed by atoms with E-state index >= 15 is 0 Å². The van der Waals surface area contributed by atoms with Crippen LogP contribution in [-0.2, 0) is 9.47 Å². The Morgan fingerprint density at radius 2 is 1.90 bits per heavy atom. The van der Waals surface area contributed by atoms with Crippen LogP contribution in [0.25, 0.3) is 5.69 Å². The summed E-state index contributed by atoms with van der Waals surface area (Å²) >= 11 is 0. The summed E-state index contributed by atoms with van der Waals surface area (Å²) in [5, 5.41) is 0. The van der Waals surface area contributed by atoms with Gasteiger partial charge in [-0.15, -0.1) is 0 Å². The number of aryl methyl sites for hydroxylation is 1. The quantitative estimate of drug-likeness (QED) is 0.680. The molecule has 2 aromatic heterocycles. The van der Waals surface area contributed by atoms with Gasteiger partial charge in [-0.2, -0.15) is 0 Å². The van der Waals surface area contributed by atoms with Gasteiger partial charge in [0.15, 0.2) is 6.29 Å². The average Bonchev–Trinajstić information content (AvgIpc) is 3.32. The largest absolute Gasteiger partial charge is 0.481 e. The number of methoxy groups -OCH3 is 1. The molecule has 31 heavy (non-hydrogen) atoms. The third-order valence-corrected chi connectivity index (χ3v) is 5.75. The van der Waals surface area contributed by atoms with Crippen molar-refractivity contribution < 1.29 is 19.0 Å². The van der Waals surface area contributed by atoms with E-state index in [0.717, 1.165) is 26.1 Å². The highest BCUT2D eigenvalue weighted by atomic mass is 16.7. The SMILES string of the molecule is COc1ccc(-n2ccc(C)c(C(=O)N3CCN(CCC4OCCO4)CC3)c2=O)cn1. The minimum atomic E-state index is -0.338. The maximum absolute atomic E-state index is 13.2. The molecule has 2 aromatic rings. The van der Waals surface area contributed by atoms with Gasteiger partial charge in [-0.3, -0.25) is 19.1 Å². The molecule has 0 radical (unpaired) electrons. The van der Waals surface area contributed by atoms with Gasteiger partial charge in [0.25, 0.3) is 11.5 Å². The van der Waals surface area contributed by atoms with Crippen LogP contribution in [0.15, 0.2) is 35.4 Å². The van der Waals surface area contributed by atoms with Crippen molar-refractivity contribution in [3.05, 3.63) is 52.1 Å². The van der Waals surface area contributed by atoms with Crippen molar-refractivity contribution in [1.29, 1.82) is 0 Å². The summed E-state index contributed by atoms with van der Waals surface area (Å²) in [4.78, 5) is 34.6. The minimum Gasteiger partial charge on any atom is -0.481 e. The average molecular weight is 428 g/mol. The van der Waals surface area contributed by atoms with Crippen LogP contribution in [0.2, 0.25) is 0 Å². The Labute approximate surface area is 181 Å². The molecule has 0 spiro atoms. The van der Waals surface area contributed by atoms with E-state index in [9.17, 15) is 9.59 Å². The molecule has 2 aliphatic heterocycles. The smallest absolute Gasteiger partial charge is 0.268 e. The van der Waals surface area contributed by atoms with Crippen LogP contribution in [0.1, 0.15) is 22.3 Å². The number of hydrogen-bond donors (Lipinski definition) is 0. The Hall–Kier alpha value is -2.75. The molecule has 0 bridgehead atoms. The van der Waals surface area contributed by atoms with E-state index in [4.69, 9.17) is 14.2 Å². The van der Waals surface area contributed by atoms with E-state index in [1.165, 1.54) is 11.7 Å². The van der Waals surface area contributed by atoms with Crippen LogP contribution in [0.3, 0.4) is 0 Å². The molecule has 0 unspecified atom stereocenters. The number of rotatable bonds is 6. The molecule has 0 aliphatic carbocycles. The predicted molar refractivity (Wildman–Crippen MR) is 114 cm³/mol. The normalized spacial score (nSPS) is 17.8. The van der Waals surface area contributed by atoms with Crippen molar-refractivity contribution in [1.82, 2.24) is 19.4 Å². The lowest BCUT2D eigenvalue weighted by molar-refractivity contribution is -0.0529.